The highest BCUT2D eigenvalue weighted by atomic mass is 35.5. The zero-order valence-corrected chi connectivity index (χ0v) is 18.8. The summed E-state index contributed by atoms with van der Waals surface area (Å²) in [4.78, 5) is 26.6. The Morgan fingerprint density at radius 3 is 2.23 bits per heavy atom. The van der Waals surface area contributed by atoms with Crippen LogP contribution in [0, 0.1) is 0 Å². The molecule has 1 N–H and O–H groups in total. The molecule has 0 radical (unpaired) electrons. The molecule has 162 valence electrons. The van der Waals surface area contributed by atoms with Crippen molar-refractivity contribution >= 4 is 35.0 Å². The van der Waals surface area contributed by atoms with Gasteiger partial charge < -0.3 is 19.7 Å². The van der Waals surface area contributed by atoms with E-state index in [4.69, 9.17) is 32.7 Å². The van der Waals surface area contributed by atoms with E-state index in [2.05, 4.69) is 5.32 Å². The number of amides is 2. The first-order valence-electron chi connectivity index (χ1n) is 9.58. The first kappa shape index (κ1) is 23.8. The Bertz CT molecular complexity index is 838. The number of benzene rings is 2. The van der Waals surface area contributed by atoms with Crippen molar-refractivity contribution in [1.29, 1.82) is 0 Å². The molecule has 2 rings (SSSR count). The Morgan fingerprint density at radius 2 is 1.67 bits per heavy atom. The smallest absolute Gasteiger partial charge is 0.242 e. The number of hydrogen-bond acceptors (Lipinski definition) is 4. The minimum absolute atomic E-state index is 0.144. The van der Waals surface area contributed by atoms with Crippen LogP contribution in [0.1, 0.15) is 25.3 Å². The summed E-state index contributed by atoms with van der Waals surface area (Å²) in [6.07, 6.45) is 0.720. The molecule has 2 amide bonds. The van der Waals surface area contributed by atoms with E-state index in [0.717, 1.165) is 5.75 Å². The molecule has 0 bridgehead atoms. The second-order valence-corrected chi connectivity index (χ2v) is 7.45. The summed E-state index contributed by atoms with van der Waals surface area (Å²) >= 11 is 12.5. The number of rotatable bonds is 10. The quantitative estimate of drug-likeness (QED) is 0.544. The highest BCUT2D eigenvalue weighted by Crippen LogP contribution is 2.27. The van der Waals surface area contributed by atoms with Gasteiger partial charge in [-0.2, -0.15) is 0 Å². The minimum atomic E-state index is -0.669. The highest BCUT2D eigenvalue weighted by Gasteiger charge is 2.26. The number of nitrogens with zero attached hydrogens (tertiary/aromatic N) is 1. The van der Waals surface area contributed by atoms with Gasteiger partial charge in [0, 0.05) is 35.6 Å². The molecular weight excluding hydrogens is 427 g/mol. The predicted molar refractivity (Wildman–Crippen MR) is 118 cm³/mol. The second-order valence-electron chi connectivity index (χ2n) is 6.64. The summed E-state index contributed by atoms with van der Waals surface area (Å²) in [6, 6.07) is 11.7. The second kappa shape index (κ2) is 11.7. The van der Waals surface area contributed by atoms with E-state index in [0.29, 0.717) is 34.4 Å². The van der Waals surface area contributed by atoms with Crippen LogP contribution in [0.15, 0.2) is 42.5 Å². The van der Waals surface area contributed by atoms with Crippen LogP contribution >= 0.6 is 23.2 Å². The van der Waals surface area contributed by atoms with Crippen molar-refractivity contribution in [3.05, 3.63) is 58.1 Å². The Morgan fingerprint density at radius 1 is 1.07 bits per heavy atom. The van der Waals surface area contributed by atoms with Gasteiger partial charge in [0.05, 0.1) is 13.7 Å². The fourth-order valence-corrected chi connectivity index (χ4v) is 3.39. The molecule has 6 nitrogen and oxygen atoms in total. The Balaban J connectivity index is 2.00. The molecule has 0 fully saturated rings. The molecular formula is C22H26Cl2N2O4. The number of carbonyl (C=O) groups excluding carboxylic acids is 2. The van der Waals surface area contributed by atoms with Crippen molar-refractivity contribution in [3.8, 4) is 11.5 Å². The van der Waals surface area contributed by atoms with Gasteiger partial charge in [0.15, 0.2) is 0 Å². The van der Waals surface area contributed by atoms with Crippen molar-refractivity contribution in [1.82, 2.24) is 10.2 Å². The van der Waals surface area contributed by atoms with Crippen molar-refractivity contribution in [3.63, 3.8) is 0 Å². The number of carbonyl (C=O) groups is 2. The molecule has 0 aliphatic rings. The average molecular weight is 453 g/mol. The molecule has 0 aromatic heterocycles. The lowest BCUT2D eigenvalue weighted by molar-refractivity contribution is -0.140. The first-order chi connectivity index (χ1) is 14.4. The van der Waals surface area contributed by atoms with Crippen LogP contribution in [0.2, 0.25) is 10.0 Å². The molecule has 0 aliphatic carbocycles. The van der Waals surface area contributed by atoms with Gasteiger partial charge in [-0.3, -0.25) is 9.59 Å². The SMILES string of the molecule is CNC(=O)[C@@H](C)N(Cc1c(Cl)cccc1Cl)C(=O)CCCOc1ccc(OC)cc1. The molecule has 0 saturated carbocycles. The van der Waals surface area contributed by atoms with Crippen LogP contribution in [-0.2, 0) is 16.1 Å². The summed E-state index contributed by atoms with van der Waals surface area (Å²) in [5.74, 6) is 0.998. The molecule has 1 atom stereocenters. The fraction of sp³-hybridized carbons (Fsp3) is 0.364. The molecule has 0 heterocycles. The molecule has 0 aliphatic heterocycles. The van der Waals surface area contributed by atoms with E-state index in [1.165, 1.54) is 11.9 Å². The maximum absolute atomic E-state index is 12.9. The average Bonchev–Trinajstić information content (AvgIpc) is 2.75. The van der Waals surface area contributed by atoms with E-state index in [1.807, 2.05) is 0 Å². The van der Waals surface area contributed by atoms with Gasteiger partial charge in [-0.05, 0) is 49.7 Å². The maximum Gasteiger partial charge on any atom is 0.242 e. The lowest BCUT2D eigenvalue weighted by Crippen LogP contribution is -2.46. The summed E-state index contributed by atoms with van der Waals surface area (Å²) in [7, 11) is 3.13. The highest BCUT2D eigenvalue weighted by molar-refractivity contribution is 6.36. The Kier molecular flexibility index (Phi) is 9.27. The number of likely N-dealkylation sites (N-methyl/N-ethyl adjacent to an activating group) is 1. The van der Waals surface area contributed by atoms with Gasteiger partial charge in [-0.15, -0.1) is 0 Å². The largest absolute Gasteiger partial charge is 0.497 e. The Hall–Kier alpha value is -2.44. The standard InChI is InChI=1S/C22H26Cl2N2O4/c1-15(22(28)25-2)26(14-18-19(23)6-4-7-20(18)24)21(27)8-5-13-30-17-11-9-16(29-3)10-12-17/h4,6-7,9-12,15H,5,8,13-14H2,1-3H3,(H,25,28)/t15-/m1/s1. The van der Waals surface area contributed by atoms with Crippen LogP contribution < -0.4 is 14.8 Å². The third kappa shape index (κ3) is 6.54. The predicted octanol–water partition coefficient (Wildman–Crippen LogP) is 4.32. The number of methoxy groups -OCH3 is 1. The van der Waals surface area contributed by atoms with Gasteiger partial charge in [0.25, 0.3) is 0 Å². The van der Waals surface area contributed by atoms with E-state index in [1.54, 1.807) is 56.5 Å². The lowest BCUT2D eigenvalue weighted by Gasteiger charge is -2.29. The van der Waals surface area contributed by atoms with Crippen molar-refractivity contribution in [2.24, 2.45) is 0 Å². The Labute approximate surface area is 187 Å². The zero-order chi connectivity index (χ0) is 22.1. The molecule has 2 aromatic rings. The summed E-state index contributed by atoms with van der Waals surface area (Å²) in [5.41, 5.74) is 0.611. The summed E-state index contributed by atoms with van der Waals surface area (Å²) in [6.45, 7) is 2.19. The summed E-state index contributed by atoms with van der Waals surface area (Å²) in [5, 5.41) is 3.48. The van der Waals surface area contributed by atoms with Crippen molar-refractivity contribution in [2.75, 3.05) is 20.8 Å². The van der Waals surface area contributed by atoms with E-state index < -0.39 is 6.04 Å². The van der Waals surface area contributed by atoms with E-state index in [9.17, 15) is 9.59 Å². The number of ether oxygens (including phenoxy) is 2. The van der Waals surface area contributed by atoms with E-state index in [-0.39, 0.29) is 24.8 Å². The van der Waals surface area contributed by atoms with Gasteiger partial charge in [-0.1, -0.05) is 29.3 Å². The van der Waals surface area contributed by atoms with E-state index >= 15 is 0 Å². The van der Waals surface area contributed by atoms with Crippen LogP contribution in [0.25, 0.3) is 0 Å². The van der Waals surface area contributed by atoms with Gasteiger partial charge in [0.1, 0.15) is 17.5 Å². The monoisotopic (exact) mass is 452 g/mol. The molecule has 0 unspecified atom stereocenters. The normalized spacial score (nSPS) is 11.5. The third-order valence-corrected chi connectivity index (χ3v) is 5.38. The molecule has 8 heteroatoms. The summed E-state index contributed by atoms with van der Waals surface area (Å²) < 4.78 is 10.8. The van der Waals surface area contributed by atoms with Crippen molar-refractivity contribution in [2.45, 2.75) is 32.4 Å². The lowest BCUT2D eigenvalue weighted by atomic mass is 10.1. The topological polar surface area (TPSA) is 67.9 Å². The van der Waals surface area contributed by atoms with Gasteiger partial charge in [-0.25, -0.2) is 0 Å². The molecule has 30 heavy (non-hydrogen) atoms. The third-order valence-electron chi connectivity index (χ3n) is 4.67. The maximum atomic E-state index is 12.9. The molecule has 2 aromatic carbocycles. The van der Waals surface area contributed by atoms with Crippen LogP contribution in [-0.4, -0.2) is 43.5 Å². The zero-order valence-electron chi connectivity index (χ0n) is 17.3. The van der Waals surface area contributed by atoms with Gasteiger partial charge >= 0.3 is 0 Å². The van der Waals surface area contributed by atoms with Crippen LogP contribution in [0.3, 0.4) is 0 Å². The molecule has 0 saturated heterocycles. The van der Waals surface area contributed by atoms with Crippen molar-refractivity contribution < 1.29 is 19.1 Å². The molecule has 0 spiro atoms. The van der Waals surface area contributed by atoms with Crippen LogP contribution in [0.5, 0.6) is 11.5 Å². The van der Waals surface area contributed by atoms with Crippen LogP contribution in [0.4, 0.5) is 0 Å². The number of hydrogen-bond donors (Lipinski definition) is 1. The van der Waals surface area contributed by atoms with Gasteiger partial charge in [0.2, 0.25) is 11.8 Å². The first-order valence-corrected chi connectivity index (χ1v) is 10.3. The number of nitrogens with one attached hydrogen (secondary N) is 1. The number of halogens is 2. The minimum Gasteiger partial charge on any atom is -0.497 e. The fourth-order valence-electron chi connectivity index (χ4n) is 2.87.